The van der Waals surface area contributed by atoms with Crippen molar-refractivity contribution in [2.75, 3.05) is 14.7 Å². The molecule has 0 radical (unpaired) electrons. The zero-order valence-electron chi connectivity index (χ0n) is 35.2. The highest BCUT2D eigenvalue weighted by Crippen LogP contribution is 2.47. The molecular weight excluding hydrogens is 777 g/mol. The van der Waals surface area contributed by atoms with E-state index in [-0.39, 0.29) is 0 Å². The van der Waals surface area contributed by atoms with E-state index in [0.29, 0.717) is 0 Å². The van der Waals surface area contributed by atoms with Crippen LogP contribution in [0.5, 0.6) is 0 Å². The molecule has 1 aromatic heterocycles. The number of fused-ring (bicyclic) bond motifs is 3. The third kappa shape index (κ3) is 7.23. The minimum absolute atomic E-state index is 1.03. The Morgan fingerprint density at radius 2 is 0.625 bits per heavy atom. The van der Waals surface area contributed by atoms with Gasteiger partial charge in [0.05, 0.1) is 16.7 Å². The van der Waals surface area contributed by atoms with E-state index < -0.39 is 0 Å². The first kappa shape index (κ1) is 38.3. The zero-order valence-corrected chi connectivity index (χ0v) is 35.2. The van der Waals surface area contributed by atoms with Crippen molar-refractivity contribution in [2.45, 2.75) is 0 Å². The number of rotatable bonds is 11. The van der Waals surface area contributed by atoms with Gasteiger partial charge in [0, 0.05) is 62.0 Å². The van der Waals surface area contributed by atoms with E-state index in [1.807, 2.05) is 0 Å². The van der Waals surface area contributed by atoms with E-state index in [0.717, 1.165) is 67.9 Å². The fourth-order valence-electron chi connectivity index (χ4n) is 9.07. The van der Waals surface area contributed by atoms with Gasteiger partial charge in [0.15, 0.2) is 0 Å². The van der Waals surface area contributed by atoms with Crippen LogP contribution in [0.15, 0.2) is 267 Å². The highest BCUT2D eigenvalue weighted by molar-refractivity contribution is 6.16. The van der Waals surface area contributed by atoms with E-state index in [1.54, 1.807) is 0 Å². The molecule has 10 aromatic carbocycles. The molecule has 11 aromatic rings. The maximum atomic E-state index is 2.44. The standard InChI is InChI=1S/C60H44N4/c1-6-21-45(22-7-1)46-39-41-51(42-40-46)62(49-27-12-4-13-28-49)53-32-19-34-55(44-53)63(54-33-18-31-52(43-54)61(47-23-8-2-9-24-47)48-25-10-3-11-26-48)58-37-20-38-59-60(58)56-35-16-17-36-57(56)64(59)50-29-14-5-15-30-50/h1-44H. The van der Waals surface area contributed by atoms with Gasteiger partial charge in [-0.25, -0.2) is 0 Å². The molecule has 0 atom stereocenters. The first-order valence-electron chi connectivity index (χ1n) is 21.8. The van der Waals surface area contributed by atoms with Gasteiger partial charge in [0.25, 0.3) is 0 Å². The van der Waals surface area contributed by atoms with Gasteiger partial charge < -0.3 is 19.3 Å². The van der Waals surface area contributed by atoms with Crippen molar-refractivity contribution in [1.82, 2.24) is 4.57 Å². The van der Waals surface area contributed by atoms with Gasteiger partial charge in [-0.1, -0.05) is 152 Å². The number of nitrogens with zero attached hydrogens (tertiary/aromatic N) is 4. The first-order chi connectivity index (χ1) is 31.8. The molecule has 0 aliphatic rings. The van der Waals surface area contributed by atoms with Crippen molar-refractivity contribution in [1.29, 1.82) is 0 Å². The topological polar surface area (TPSA) is 14.7 Å². The van der Waals surface area contributed by atoms with Crippen LogP contribution in [0, 0.1) is 0 Å². The zero-order chi connectivity index (χ0) is 42.7. The largest absolute Gasteiger partial charge is 0.310 e. The molecule has 4 heteroatoms. The summed E-state index contributed by atoms with van der Waals surface area (Å²) >= 11 is 0. The lowest BCUT2D eigenvalue weighted by molar-refractivity contribution is 1.18. The predicted molar refractivity (Wildman–Crippen MR) is 270 cm³/mol. The van der Waals surface area contributed by atoms with Gasteiger partial charge in [0.2, 0.25) is 0 Å². The summed E-state index contributed by atoms with van der Waals surface area (Å²) in [5.41, 5.74) is 15.4. The predicted octanol–water partition coefficient (Wildman–Crippen LogP) is 16.9. The number of hydrogen-bond donors (Lipinski definition) is 0. The molecule has 1 heterocycles. The molecule has 64 heavy (non-hydrogen) atoms. The monoisotopic (exact) mass is 820 g/mol. The van der Waals surface area contributed by atoms with E-state index in [1.165, 1.54) is 21.9 Å². The van der Waals surface area contributed by atoms with Crippen molar-refractivity contribution >= 4 is 73.0 Å². The SMILES string of the molecule is c1ccc(-c2ccc(N(c3ccccc3)c3cccc(N(c4cccc(N(c5ccccc5)c5ccccc5)c4)c4cccc5c4c4ccccc4n5-c4ccccc4)c3)cc2)cc1. The van der Waals surface area contributed by atoms with E-state index >= 15 is 0 Å². The van der Waals surface area contributed by atoms with Gasteiger partial charge >= 0.3 is 0 Å². The highest BCUT2D eigenvalue weighted by Gasteiger charge is 2.24. The second kappa shape index (κ2) is 17.0. The molecule has 0 spiro atoms. The van der Waals surface area contributed by atoms with Crippen LogP contribution in [-0.4, -0.2) is 4.57 Å². The number of aromatic nitrogens is 1. The fraction of sp³-hybridized carbons (Fsp3) is 0. The second-order valence-electron chi connectivity index (χ2n) is 15.8. The van der Waals surface area contributed by atoms with Crippen molar-refractivity contribution in [3.63, 3.8) is 0 Å². The van der Waals surface area contributed by atoms with Crippen LogP contribution in [0.1, 0.15) is 0 Å². The molecule has 0 saturated carbocycles. The highest BCUT2D eigenvalue weighted by atomic mass is 15.2. The van der Waals surface area contributed by atoms with E-state index in [9.17, 15) is 0 Å². The molecule has 0 amide bonds. The Morgan fingerprint density at radius 1 is 0.250 bits per heavy atom. The number of anilines is 9. The van der Waals surface area contributed by atoms with Gasteiger partial charge in [-0.05, 0) is 126 Å². The summed E-state index contributed by atoms with van der Waals surface area (Å²) in [5, 5.41) is 2.37. The Balaban J connectivity index is 1.13. The second-order valence-corrected chi connectivity index (χ2v) is 15.8. The van der Waals surface area contributed by atoms with Crippen LogP contribution in [-0.2, 0) is 0 Å². The van der Waals surface area contributed by atoms with Crippen LogP contribution in [0.3, 0.4) is 0 Å². The van der Waals surface area contributed by atoms with Gasteiger partial charge in [-0.2, -0.15) is 0 Å². The van der Waals surface area contributed by atoms with Gasteiger partial charge in [-0.3, -0.25) is 0 Å². The molecule has 0 saturated heterocycles. The fourth-order valence-corrected chi connectivity index (χ4v) is 9.07. The first-order valence-corrected chi connectivity index (χ1v) is 21.8. The molecule has 0 aliphatic carbocycles. The maximum absolute atomic E-state index is 2.44. The quantitative estimate of drug-likeness (QED) is 0.129. The Labute approximate surface area is 374 Å². The van der Waals surface area contributed by atoms with Crippen molar-refractivity contribution in [2.24, 2.45) is 0 Å². The summed E-state index contributed by atoms with van der Waals surface area (Å²) in [6, 6.07) is 95.4. The molecule has 0 N–H and O–H groups in total. The van der Waals surface area contributed by atoms with Crippen molar-refractivity contribution < 1.29 is 0 Å². The van der Waals surface area contributed by atoms with Crippen molar-refractivity contribution in [3.8, 4) is 16.8 Å². The van der Waals surface area contributed by atoms with Gasteiger partial charge in [0.1, 0.15) is 0 Å². The third-order valence-electron chi connectivity index (χ3n) is 11.9. The van der Waals surface area contributed by atoms with E-state index in [2.05, 4.69) is 286 Å². The number of hydrogen-bond acceptors (Lipinski definition) is 3. The molecule has 0 bridgehead atoms. The van der Waals surface area contributed by atoms with Crippen molar-refractivity contribution in [3.05, 3.63) is 267 Å². The number of para-hydroxylation sites is 5. The Hall–Kier alpha value is -8.60. The average molecular weight is 821 g/mol. The van der Waals surface area contributed by atoms with Crippen LogP contribution in [0.4, 0.5) is 51.2 Å². The van der Waals surface area contributed by atoms with Crippen LogP contribution >= 0.6 is 0 Å². The summed E-state index contributed by atoms with van der Waals surface area (Å²) in [5.74, 6) is 0. The van der Waals surface area contributed by atoms with Crippen LogP contribution in [0.25, 0.3) is 38.6 Å². The summed E-state index contributed by atoms with van der Waals surface area (Å²) in [4.78, 5) is 7.12. The minimum atomic E-state index is 1.03. The lowest BCUT2D eigenvalue weighted by Gasteiger charge is -2.31. The minimum Gasteiger partial charge on any atom is -0.310 e. The summed E-state index contributed by atoms with van der Waals surface area (Å²) in [6.45, 7) is 0. The Kier molecular flexibility index (Phi) is 10.2. The van der Waals surface area contributed by atoms with Crippen LogP contribution in [0.2, 0.25) is 0 Å². The molecule has 0 aliphatic heterocycles. The summed E-state index contributed by atoms with van der Waals surface area (Å²) in [6.07, 6.45) is 0. The number of benzene rings is 10. The lowest BCUT2D eigenvalue weighted by Crippen LogP contribution is -2.14. The van der Waals surface area contributed by atoms with E-state index in [4.69, 9.17) is 0 Å². The lowest BCUT2D eigenvalue weighted by atomic mass is 10.0. The molecule has 11 rings (SSSR count). The summed E-state index contributed by atoms with van der Waals surface area (Å²) in [7, 11) is 0. The molecule has 304 valence electrons. The molecule has 0 fully saturated rings. The smallest absolute Gasteiger partial charge is 0.0562 e. The van der Waals surface area contributed by atoms with Crippen LogP contribution < -0.4 is 14.7 Å². The maximum Gasteiger partial charge on any atom is 0.0562 e. The van der Waals surface area contributed by atoms with Gasteiger partial charge in [-0.15, -0.1) is 0 Å². The Bertz CT molecular complexity index is 3270. The normalized spacial score (nSPS) is 11.1. The third-order valence-corrected chi connectivity index (χ3v) is 11.9. The summed E-state index contributed by atoms with van der Waals surface area (Å²) < 4.78 is 2.39. The molecular formula is C60H44N4. The Morgan fingerprint density at radius 3 is 1.16 bits per heavy atom. The molecule has 4 nitrogen and oxygen atoms in total. The average Bonchev–Trinajstić information content (AvgIpc) is 3.71. The molecule has 0 unspecified atom stereocenters.